The number of carboxylic acids is 1. The molecule has 0 aliphatic carbocycles. The second-order valence-electron chi connectivity index (χ2n) is 3.91. The Kier molecular flexibility index (Phi) is 4.74. The summed E-state index contributed by atoms with van der Waals surface area (Å²) < 4.78 is 5.36. The van der Waals surface area contributed by atoms with Crippen LogP contribution >= 0.6 is 11.6 Å². The maximum atomic E-state index is 10.9. The Morgan fingerprint density at radius 2 is 2.05 bits per heavy atom. The largest absolute Gasteiger partial charge is 0.478 e. The summed E-state index contributed by atoms with van der Waals surface area (Å²) >= 11 is 5.91. The number of ether oxygens (including phenoxy) is 1. The van der Waals surface area contributed by atoms with E-state index in [1.54, 1.807) is 6.08 Å². The smallest absolute Gasteiger partial charge is 0.337 e. The molecule has 1 heterocycles. The zero-order valence-corrected chi connectivity index (χ0v) is 11.2. The molecule has 20 heavy (non-hydrogen) atoms. The van der Waals surface area contributed by atoms with Crippen LogP contribution in [0.1, 0.15) is 15.9 Å². The molecular formula is C15H12ClNO3. The first-order chi connectivity index (χ1) is 9.68. The van der Waals surface area contributed by atoms with Crippen LogP contribution in [0.2, 0.25) is 5.02 Å². The SMILES string of the molecule is O=C(O)c1ccnc(OC/C=C/c2ccccc2)c1Cl. The molecule has 1 aromatic carbocycles. The summed E-state index contributed by atoms with van der Waals surface area (Å²) in [6.07, 6.45) is 5.06. The summed E-state index contributed by atoms with van der Waals surface area (Å²) in [6, 6.07) is 11.1. The minimum atomic E-state index is -1.11. The fourth-order valence-corrected chi connectivity index (χ4v) is 1.81. The van der Waals surface area contributed by atoms with Crippen molar-refractivity contribution in [3.63, 3.8) is 0 Å². The van der Waals surface area contributed by atoms with Crippen LogP contribution in [0.15, 0.2) is 48.7 Å². The van der Waals surface area contributed by atoms with Crippen molar-refractivity contribution in [2.45, 2.75) is 0 Å². The van der Waals surface area contributed by atoms with E-state index in [1.807, 2.05) is 36.4 Å². The number of rotatable bonds is 5. The average Bonchev–Trinajstić information content (AvgIpc) is 2.46. The van der Waals surface area contributed by atoms with Crippen LogP contribution in [0.3, 0.4) is 0 Å². The van der Waals surface area contributed by atoms with Crippen LogP contribution in [0.4, 0.5) is 0 Å². The molecule has 0 bridgehead atoms. The standard InChI is InChI=1S/C15H12ClNO3/c16-13-12(15(18)19)8-9-17-14(13)20-10-4-7-11-5-2-1-3-6-11/h1-9H,10H2,(H,18,19)/b7-4+. The van der Waals surface area contributed by atoms with Gasteiger partial charge in [-0.25, -0.2) is 9.78 Å². The van der Waals surface area contributed by atoms with E-state index in [1.165, 1.54) is 12.3 Å². The lowest BCUT2D eigenvalue weighted by Crippen LogP contribution is -2.02. The Balaban J connectivity index is 2.00. The molecule has 5 heteroatoms. The molecule has 0 saturated heterocycles. The molecule has 1 N–H and O–H groups in total. The van der Waals surface area contributed by atoms with Gasteiger partial charge in [-0.15, -0.1) is 0 Å². The van der Waals surface area contributed by atoms with Crippen molar-refractivity contribution >= 4 is 23.6 Å². The summed E-state index contributed by atoms with van der Waals surface area (Å²) in [5, 5.41) is 8.94. The van der Waals surface area contributed by atoms with Crippen LogP contribution in [-0.4, -0.2) is 22.7 Å². The highest BCUT2D eigenvalue weighted by atomic mass is 35.5. The van der Waals surface area contributed by atoms with E-state index in [-0.39, 0.29) is 23.1 Å². The second-order valence-corrected chi connectivity index (χ2v) is 4.28. The summed E-state index contributed by atoms with van der Waals surface area (Å²) in [6.45, 7) is 0.255. The van der Waals surface area contributed by atoms with E-state index < -0.39 is 5.97 Å². The molecule has 1 aromatic heterocycles. The summed E-state index contributed by atoms with van der Waals surface area (Å²) in [5.41, 5.74) is 1.03. The van der Waals surface area contributed by atoms with Gasteiger partial charge in [-0.3, -0.25) is 0 Å². The predicted octanol–water partition coefficient (Wildman–Crippen LogP) is 3.53. The molecule has 0 aliphatic rings. The first-order valence-electron chi connectivity index (χ1n) is 5.90. The molecule has 0 spiro atoms. The fourth-order valence-electron chi connectivity index (χ4n) is 1.57. The Bertz CT molecular complexity index is 626. The van der Waals surface area contributed by atoms with Crippen molar-refractivity contribution in [2.24, 2.45) is 0 Å². The summed E-state index contributed by atoms with van der Waals surface area (Å²) in [5.74, 6) is -0.994. The molecule has 0 fully saturated rings. The van der Waals surface area contributed by atoms with E-state index in [4.69, 9.17) is 21.4 Å². The number of carbonyl (C=O) groups is 1. The number of benzene rings is 1. The minimum absolute atomic E-state index is 0.00751. The molecule has 0 aliphatic heterocycles. The van der Waals surface area contributed by atoms with Gasteiger partial charge in [-0.05, 0) is 17.7 Å². The third-order valence-corrected chi connectivity index (χ3v) is 2.88. The van der Waals surface area contributed by atoms with Crippen molar-refractivity contribution < 1.29 is 14.6 Å². The van der Waals surface area contributed by atoms with Crippen LogP contribution in [0, 0.1) is 0 Å². The Morgan fingerprint density at radius 1 is 1.30 bits per heavy atom. The van der Waals surface area contributed by atoms with Crippen LogP contribution in [-0.2, 0) is 0 Å². The molecule has 4 nitrogen and oxygen atoms in total. The molecule has 0 atom stereocenters. The number of halogens is 1. The Labute approximate surface area is 121 Å². The van der Waals surface area contributed by atoms with E-state index in [9.17, 15) is 4.79 Å². The van der Waals surface area contributed by atoms with Crippen molar-refractivity contribution in [1.82, 2.24) is 4.98 Å². The molecule has 2 aromatic rings. The van der Waals surface area contributed by atoms with Crippen LogP contribution in [0.5, 0.6) is 5.88 Å². The normalized spacial score (nSPS) is 10.7. The second kappa shape index (κ2) is 6.73. The zero-order chi connectivity index (χ0) is 14.4. The molecule has 0 saturated carbocycles. The van der Waals surface area contributed by atoms with Gasteiger partial charge in [-0.1, -0.05) is 48.0 Å². The van der Waals surface area contributed by atoms with E-state index in [0.717, 1.165) is 5.56 Å². The lowest BCUT2D eigenvalue weighted by molar-refractivity contribution is 0.0696. The van der Waals surface area contributed by atoms with Crippen molar-refractivity contribution in [2.75, 3.05) is 6.61 Å². The van der Waals surface area contributed by atoms with Gasteiger partial charge in [0.05, 0.1) is 5.56 Å². The number of aromatic carboxylic acids is 1. The van der Waals surface area contributed by atoms with Gasteiger partial charge in [0.25, 0.3) is 0 Å². The molecule has 0 unspecified atom stereocenters. The van der Waals surface area contributed by atoms with Crippen molar-refractivity contribution in [1.29, 1.82) is 0 Å². The van der Waals surface area contributed by atoms with Gasteiger partial charge < -0.3 is 9.84 Å². The van der Waals surface area contributed by atoms with Crippen LogP contribution in [0.25, 0.3) is 6.08 Å². The molecule has 0 amide bonds. The van der Waals surface area contributed by atoms with Gasteiger partial charge in [0.1, 0.15) is 11.6 Å². The number of aromatic nitrogens is 1. The maximum absolute atomic E-state index is 10.9. The maximum Gasteiger partial charge on any atom is 0.337 e. The average molecular weight is 290 g/mol. The van der Waals surface area contributed by atoms with Gasteiger partial charge in [0.2, 0.25) is 5.88 Å². The van der Waals surface area contributed by atoms with Crippen molar-refractivity contribution in [3.8, 4) is 5.88 Å². The van der Waals surface area contributed by atoms with E-state index in [0.29, 0.717) is 0 Å². The third kappa shape index (κ3) is 3.59. The van der Waals surface area contributed by atoms with Gasteiger partial charge in [0, 0.05) is 6.20 Å². The highest BCUT2D eigenvalue weighted by molar-refractivity contribution is 6.34. The minimum Gasteiger partial charge on any atom is -0.478 e. The fraction of sp³-hybridized carbons (Fsp3) is 0.0667. The number of carboxylic acid groups (broad SMARTS) is 1. The lowest BCUT2D eigenvalue weighted by Gasteiger charge is -2.06. The van der Waals surface area contributed by atoms with Gasteiger partial charge in [-0.2, -0.15) is 0 Å². The number of hydrogen-bond acceptors (Lipinski definition) is 3. The Hall–Kier alpha value is -2.33. The van der Waals surface area contributed by atoms with Crippen molar-refractivity contribution in [3.05, 3.63) is 64.8 Å². The van der Waals surface area contributed by atoms with Gasteiger partial charge >= 0.3 is 5.97 Å². The highest BCUT2D eigenvalue weighted by Crippen LogP contribution is 2.25. The summed E-state index contributed by atoms with van der Waals surface area (Å²) in [4.78, 5) is 14.8. The molecule has 0 radical (unpaired) electrons. The molecule has 102 valence electrons. The zero-order valence-electron chi connectivity index (χ0n) is 10.5. The monoisotopic (exact) mass is 289 g/mol. The third-order valence-electron chi connectivity index (χ3n) is 2.51. The van der Waals surface area contributed by atoms with Gasteiger partial charge in [0.15, 0.2) is 0 Å². The number of hydrogen-bond donors (Lipinski definition) is 1. The number of nitrogens with zero attached hydrogens (tertiary/aromatic N) is 1. The first kappa shape index (κ1) is 14.1. The first-order valence-corrected chi connectivity index (χ1v) is 6.28. The highest BCUT2D eigenvalue weighted by Gasteiger charge is 2.13. The quantitative estimate of drug-likeness (QED) is 0.915. The number of pyridine rings is 1. The lowest BCUT2D eigenvalue weighted by atomic mass is 10.2. The van der Waals surface area contributed by atoms with E-state index >= 15 is 0 Å². The Morgan fingerprint density at radius 3 is 2.75 bits per heavy atom. The molecule has 2 rings (SSSR count). The molecular weight excluding hydrogens is 278 g/mol. The van der Waals surface area contributed by atoms with Crippen LogP contribution < -0.4 is 4.74 Å². The van der Waals surface area contributed by atoms with E-state index in [2.05, 4.69) is 4.98 Å². The topological polar surface area (TPSA) is 59.4 Å². The predicted molar refractivity (Wildman–Crippen MR) is 77.2 cm³/mol. The summed E-state index contributed by atoms with van der Waals surface area (Å²) in [7, 11) is 0.